The summed E-state index contributed by atoms with van der Waals surface area (Å²) in [6, 6.07) is 15.6. The van der Waals surface area contributed by atoms with Crippen LogP contribution in [0, 0.1) is 0 Å². The summed E-state index contributed by atoms with van der Waals surface area (Å²) < 4.78 is 0.753. The minimum absolute atomic E-state index is 0.181. The van der Waals surface area contributed by atoms with Gasteiger partial charge in [0, 0.05) is 15.3 Å². The van der Waals surface area contributed by atoms with E-state index < -0.39 is 0 Å². The van der Waals surface area contributed by atoms with Crippen LogP contribution >= 0.6 is 34.5 Å². The highest BCUT2D eigenvalue weighted by Gasteiger charge is 2.15. The first-order valence-corrected chi connectivity index (χ1v) is 7.42. The Morgan fingerprint density at radius 1 is 0.895 bits per heavy atom. The maximum Gasteiger partial charge on any atom is 0.0931 e. The molecule has 1 atom stereocenters. The molecule has 96 valence electrons. The molecule has 3 rings (SSSR count). The number of hydrogen-bond donors (Lipinski definition) is 1. The lowest BCUT2D eigenvalue weighted by atomic mass is 9.98. The van der Waals surface area contributed by atoms with Crippen molar-refractivity contribution in [3.8, 4) is 0 Å². The number of halogens is 2. The second-order valence-corrected chi connectivity index (χ2v) is 6.46. The maximum absolute atomic E-state index is 6.35. The number of benzene rings is 2. The van der Waals surface area contributed by atoms with Crippen molar-refractivity contribution in [2.75, 3.05) is 0 Å². The predicted molar refractivity (Wildman–Crippen MR) is 84.3 cm³/mol. The van der Waals surface area contributed by atoms with Crippen LogP contribution in [0.1, 0.15) is 16.5 Å². The SMILES string of the molecule is NC(c1ccc(Cl)s1)c1ccc(Cl)c2ccccc12. The highest BCUT2D eigenvalue weighted by molar-refractivity contribution is 7.16. The number of rotatable bonds is 2. The number of hydrogen-bond acceptors (Lipinski definition) is 2. The Morgan fingerprint density at radius 3 is 2.32 bits per heavy atom. The third kappa shape index (κ3) is 2.37. The summed E-state index contributed by atoms with van der Waals surface area (Å²) in [6.07, 6.45) is 0. The van der Waals surface area contributed by atoms with Crippen LogP contribution < -0.4 is 5.73 Å². The molecule has 0 spiro atoms. The van der Waals surface area contributed by atoms with Crippen LogP contribution in [-0.4, -0.2) is 0 Å². The van der Waals surface area contributed by atoms with Crippen LogP contribution in [0.2, 0.25) is 9.36 Å². The zero-order valence-corrected chi connectivity index (χ0v) is 12.3. The molecule has 0 saturated heterocycles. The fourth-order valence-corrected chi connectivity index (χ4v) is 3.51. The summed E-state index contributed by atoms with van der Waals surface area (Å²) in [5.41, 5.74) is 7.42. The highest BCUT2D eigenvalue weighted by Crippen LogP contribution is 2.34. The Bertz CT molecular complexity index is 736. The monoisotopic (exact) mass is 307 g/mol. The Kier molecular flexibility index (Phi) is 3.50. The number of fused-ring (bicyclic) bond motifs is 1. The van der Waals surface area contributed by atoms with E-state index in [2.05, 4.69) is 0 Å². The third-order valence-electron chi connectivity index (χ3n) is 3.14. The van der Waals surface area contributed by atoms with E-state index in [0.717, 1.165) is 30.6 Å². The van der Waals surface area contributed by atoms with E-state index in [4.69, 9.17) is 28.9 Å². The minimum Gasteiger partial charge on any atom is -0.320 e. The molecule has 1 aromatic heterocycles. The Balaban J connectivity index is 2.18. The lowest BCUT2D eigenvalue weighted by Gasteiger charge is -2.14. The van der Waals surface area contributed by atoms with Crippen molar-refractivity contribution in [3.63, 3.8) is 0 Å². The van der Waals surface area contributed by atoms with Gasteiger partial charge < -0.3 is 5.73 Å². The van der Waals surface area contributed by atoms with Gasteiger partial charge in [-0.15, -0.1) is 11.3 Å². The smallest absolute Gasteiger partial charge is 0.0931 e. The van der Waals surface area contributed by atoms with Crippen molar-refractivity contribution in [3.05, 3.63) is 68.3 Å². The summed E-state index contributed by atoms with van der Waals surface area (Å²) in [7, 11) is 0. The molecule has 0 aliphatic heterocycles. The molecule has 2 N–H and O–H groups in total. The molecule has 3 aromatic rings. The summed E-state index contributed by atoms with van der Waals surface area (Å²) in [5, 5.41) is 2.86. The molecule has 0 radical (unpaired) electrons. The van der Waals surface area contributed by atoms with Gasteiger partial charge >= 0.3 is 0 Å². The van der Waals surface area contributed by atoms with Gasteiger partial charge in [-0.1, -0.05) is 53.5 Å². The van der Waals surface area contributed by atoms with Crippen LogP contribution in [-0.2, 0) is 0 Å². The van der Waals surface area contributed by atoms with Gasteiger partial charge in [-0.25, -0.2) is 0 Å². The molecule has 0 saturated carbocycles. The van der Waals surface area contributed by atoms with E-state index in [1.807, 2.05) is 48.5 Å². The molecule has 0 bridgehead atoms. The van der Waals surface area contributed by atoms with E-state index >= 15 is 0 Å². The molecule has 1 nitrogen and oxygen atoms in total. The van der Waals surface area contributed by atoms with Gasteiger partial charge in [0.2, 0.25) is 0 Å². The normalized spacial score (nSPS) is 12.8. The van der Waals surface area contributed by atoms with Crippen molar-refractivity contribution in [1.82, 2.24) is 0 Å². The third-order valence-corrected chi connectivity index (χ3v) is 4.78. The largest absolute Gasteiger partial charge is 0.320 e. The molecule has 0 amide bonds. The first-order valence-electron chi connectivity index (χ1n) is 5.85. The van der Waals surface area contributed by atoms with Crippen molar-refractivity contribution < 1.29 is 0 Å². The van der Waals surface area contributed by atoms with E-state index in [-0.39, 0.29) is 6.04 Å². The summed E-state index contributed by atoms with van der Waals surface area (Å²) >= 11 is 13.7. The van der Waals surface area contributed by atoms with Crippen LogP contribution in [0.3, 0.4) is 0 Å². The van der Waals surface area contributed by atoms with Crippen molar-refractivity contribution in [2.24, 2.45) is 5.73 Å². The standard InChI is InChI=1S/C15H11Cl2NS/c16-12-6-5-11(9-3-1-2-4-10(9)12)15(18)13-7-8-14(17)19-13/h1-8,15H,18H2. The van der Waals surface area contributed by atoms with Gasteiger partial charge in [-0.2, -0.15) is 0 Å². The Labute approximate surface area is 125 Å². The van der Waals surface area contributed by atoms with Gasteiger partial charge in [0.15, 0.2) is 0 Å². The molecule has 0 fully saturated rings. The van der Waals surface area contributed by atoms with Crippen molar-refractivity contribution in [1.29, 1.82) is 0 Å². The molecule has 19 heavy (non-hydrogen) atoms. The average molecular weight is 308 g/mol. The maximum atomic E-state index is 6.35. The van der Waals surface area contributed by atoms with Crippen LogP contribution in [0.25, 0.3) is 10.8 Å². The molecule has 2 aromatic carbocycles. The number of thiophene rings is 1. The molecule has 0 aliphatic carbocycles. The molecular weight excluding hydrogens is 297 g/mol. The van der Waals surface area contributed by atoms with Crippen LogP contribution in [0.15, 0.2) is 48.5 Å². The zero-order chi connectivity index (χ0) is 13.4. The van der Waals surface area contributed by atoms with Gasteiger partial charge in [0.05, 0.1) is 10.4 Å². The van der Waals surface area contributed by atoms with Gasteiger partial charge in [-0.3, -0.25) is 0 Å². The van der Waals surface area contributed by atoms with E-state index in [1.165, 1.54) is 11.3 Å². The minimum atomic E-state index is -0.181. The molecule has 4 heteroatoms. The first kappa shape index (κ1) is 12.9. The topological polar surface area (TPSA) is 26.0 Å². The summed E-state index contributed by atoms with van der Waals surface area (Å²) in [4.78, 5) is 1.05. The molecule has 1 unspecified atom stereocenters. The van der Waals surface area contributed by atoms with Crippen molar-refractivity contribution >= 4 is 45.3 Å². The summed E-state index contributed by atoms with van der Waals surface area (Å²) in [6.45, 7) is 0. The molecular formula is C15H11Cl2NS. The van der Waals surface area contributed by atoms with Gasteiger partial charge in [-0.05, 0) is 29.1 Å². The molecule has 1 heterocycles. The van der Waals surface area contributed by atoms with Crippen LogP contribution in [0.5, 0.6) is 0 Å². The average Bonchev–Trinajstić information content (AvgIpc) is 2.86. The molecule has 0 aliphatic rings. The highest BCUT2D eigenvalue weighted by atomic mass is 35.5. The van der Waals surface area contributed by atoms with E-state index in [9.17, 15) is 0 Å². The van der Waals surface area contributed by atoms with Crippen molar-refractivity contribution in [2.45, 2.75) is 6.04 Å². The Morgan fingerprint density at radius 2 is 1.63 bits per heavy atom. The second kappa shape index (κ2) is 5.14. The van der Waals surface area contributed by atoms with Gasteiger partial charge in [0.1, 0.15) is 0 Å². The van der Waals surface area contributed by atoms with Gasteiger partial charge in [0.25, 0.3) is 0 Å². The predicted octanol–water partition coefficient (Wildman–Crippen LogP) is 5.26. The first-order chi connectivity index (χ1) is 9.16. The Hall–Kier alpha value is -1.06. The quantitative estimate of drug-likeness (QED) is 0.687. The van der Waals surface area contributed by atoms with Crippen LogP contribution in [0.4, 0.5) is 0 Å². The fourth-order valence-electron chi connectivity index (χ4n) is 2.21. The number of nitrogens with two attached hydrogens (primary N) is 1. The fraction of sp³-hybridized carbons (Fsp3) is 0.0667. The zero-order valence-electron chi connectivity index (χ0n) is 9.94. The lowest BCUT2D eigenvalue weighted by molar-refractivity contribution is 0.903. The van der Waals surface area contributed by atoms with E-state index in [0.29, 0.717) is 0 Å². The summed E-state index contributed by atoms with van der Waals surface area (Å²) in [5.74, 6) is 0. The lowest BCUT2D eigenvalue weighted by Crippen LogP contribution is -2.10. The second-order valence-electron chi connectivity index (χ2n) is 4.30. The van der Waals surface area contributed by atoms with E-state index in [1.54, 1.807) is 0 Å².